The molecule has 0 saturated heterocycles. The normalized spacial score (nSPS) is 17.2. The van der Waals surface area contributed by atoms with Gasteiger partial charge in [-0.1, -0.05) is 31.4 Å². The number of rotatable bonds is 4. The summed E-state index contributed by atoms with van der Waals surface area (Å²) in [5.74, 6) is 0.149. The van der Waals surface area contributed by atoms with Crippen LogP contribution in [0.15, 0.2) is 30.3 Å². The number of thiophene rings is 1. The monoisotopic (exact) mass is 385 g/mol. The summed E-state index contributed by atoms with van der Waals surface area (Å²) in [5, 5.41) is 3.00. The SMILES string of the molecule is C[C@@H](OC(=O)c1cc2c(s1)-c1ccccc1OC2)C(=O)NC1CCCCC1. The number of amides is 1. The van der Waals surface area contributed by atoms with Gasteiger partial charge in [0.25, 0.3) is 5.91 Å². The van der Waals surface area contributed by atoms with Crippen LogP contribution < -0.4 is 10.1 Å². The van der Waals surface area contributed by atoms with Gasteiger partial charge in [-0.05, 0) is 38.0 Å². The summed E-state index contributed by atoms with van der Waals surface area (Å²) in [6.45, 7) is 2.07. The summed E-state index contributed by atoms with van der Waals surface area (Å²) in [5.41, 5.74) is 1.97. The summed E-state index contributed by atoms with van der Waals surface area (Å²) < 4.78 is 11.2. The van der Waals surface area contributed by atoms with E-state index in [-0.39, 0.29) is 11.9 Å². The smallest absolute Gasteiger partial charge is 0.349 e. The fraction of sp³-hybridized carbons (Fsp3) is 0.429. The van der Waals surface area contributed by atoms with Crippen LogP contribution in [0, 0.1) is 0 Å². The zero-order valence-electron chi connectivity index (χ0n) is 15.3. The number of hydrogen-bond donors (Lipinski definition) is 1. The van der Waals surface area contributed by atoms with Crippen LogP contribution in [-0.4, -0.2) is 24.0 Å². The fourth-order valence-corrected chi connectivity index (χ4v) is 4.72. The molecule has 1 saturated carbocycles. The third-order valence-corrected chi connectivity index (χ3v) is 6.32. The highest BCUT2D eigenvalue weighted by Gasteiger charge is 2.26. The average molecular weight is 385 g/mol. The van der Waals surface area contributed by atoms with E-state index in [1.165, 1.54) is 17.8 Å². The molecule has 0 unspecified atom stereocenters. The molecule has 1 aromatic carbocycles. The van der Waals surface area contributed by atoms with Gasteiger partial charge >= 0.3 is 5.97 Å². The van der Waals surface area contributed by atoms with Crippen LogP contribution in [0.4, 0.5) is 0 Å². The molecule has 27 heavy (non-hydrogen) atoms. The van der Waals surface area contributed by atoms with Gasteiger partial charge < -0.3 is 14.8 Å². The van der Waals surface area contributed by atoms with Gasteiger partial charge in [0.05, 0.1) is 0 Å². The Bertz CT molecular complexity index is 854. The molecule has 1 N–H and O–H groups in total. The first-order valence-electron chi connectivity index (χ1n) is 9.48. The van der Waals surface area contributed by atoms with Crippen molar-refractivity contribution in [1.29, 1.82) is 0 Å². The van der Waals surface area contributed by atoms with E-state index in [0.717, 1.165) is 47.4 Å². The lowest BCUT2D eigenvalue weighted by Gasteiger charge is -2.24. The number of carbonyl (C=O) groups excluding carboxylic acids is 2. The first-order valence-corrected chi connectivity index (χ1v) is 10.3. The van der Waals surface area contributed by atoms with Crippen LogP contribution in [0.25, 0.3) is 10.4 Å². The van der Waals surface area contributed by atoms with Crippen molar-refractivity contribution in [2.75, 3.05) is 0 Å². The highest BCUT2D eigenvalue weighted by Crippen LogP contribution is 2.42. The quantitative estimate of drug-likeness (QED) is 0.797. The zero-order valence-corrected chi connectivity index (χ0v) is 16.1. The minimum atomic E-state index is -0.804. The molecule has 4 rings (SSSR count). The van der Waals surface area contributed by atoms with Crippen molar-refractivity contribution in [3.8, 4) is 16.2 Å². The highest BCUT2D eigenvalue weighted by atomic mass is 32.1. The minimum absolute atomic E-state index is 0.204. The molecule has 5 nitrogen and oxygen atoms in total. The Labute approximate surface area is 162 Å². The van der Waals surface area contributed by atoms with Gasteiger partial charge in [-0.15, -0.1) is 11.3 Å². The van der Waals surface area contributed by atoms with E-state index in [9.17, 15) is 9.59 Å². The highest BCUT2D eigenvalue weighted by molar-refractivity contribution is 7.17. The molecule has 2 heterocycles. The number of esters is 1. The maximum absolute atomic E-state index is 12.5. The Hall–Kier alpha value is -2.34. The predicted octanol–water partition coefficient (Wildman–Crippen LogP) is 4.30. The van der Waals surface area contributed by atoms with Crippen LogP contribution in [-0.2, 0) is 16.1 Å². The van der Waals surface area contributed by atoms with Crippen LogP contribution >= 0.6 is 11.3 Å². The van der Waals surface area contributed by atoms with Gasteiger partial charge in [-0.3, -0.25) is 4.79 Å². The number of benzene rings is 1. The van der Waals surface area contributed by atoms with E-state index >= 15 is 0 Å². The second-order valence-corrected chi connectivity index (χ2v) is 8.19. The Balaban J connectivity index is 1.42. The topological polar surface area (TPSA) is 64.6 Å². The molecule has 1 atom stereocenters. The second-order valence-electron chi connectivity index (χ2n) is 7.14. The molecule has 2 aliphatic rings. The largest absolute Gasteiger partial charge is 0.488 e. The van der Waals surface area contributed by atoms with E-state index in [0.29, 0.717) is 11.5 Å². The van der Waals surface area contributed by atoms with Crippen molar-refractivity contribution in [3.05, 3.63) is 40.8 Å². The van der Waals surface area contributed by atoms with E-state index < -0.39 is 12.1 Å². The Morgan fingerprint density at radius 3 is 2.81 bits per heavy atom. The van der Waals surface area contributed by atoms with Crippen LogP contribution in [0.1, 0.15) is 54.3 Å². The van der Waals surface area contributed by atoms with Gasteiger partial charge in [-0.2, -0.15) is 0 Å². The molecule has 1 fully saturated rings. The number of fused-ring (bicyclic) bond motifs is 3. The molecule has 1 aliphatic heterocycles. The number of carbonyl (C=O) groups is 2. The van der Waals surface area contributed by atoms with E-state index in [2.05, 4.69) is 5.32 Å². The summed E-state index contributed by atoms with van der Waals surface area (Å²) in [4.78, 5) is 26.4. The lowest BCUT2D eigenvalue weighted by atomic mass is 9.95. The van der Waals surface area contributed by atoms with Crippen molar-refractivity contribution in [2.24, 2.45) is 0 Å². The number of nitrogens with one attached hydrogen (secondary N) is 1. The van der Waals surface area contributed by atoms with Crippen molar-refractivity contribution in [1.82, 2.24) is 5.32 Å². The third kappa shape index (κ3) is 3.86. The Morgan fingerprint density at radius 2 is 2.00 bits per heavy atom. The number of hydrogen-bond acceptors (Lipinski definition) is 5. The molecular weight excluding hydrogens is 362 g/mol. The second kappa shape index (κ2) is 7.72. The maximum atomic E-state index is 12.5. The molecule has 1 aromatic heterocycles. The molecule has 142 valence electrons. The average Bonchev–Trinajstić information content (AvgIpc) is 3.14. The lowest BCUT2D eigenvalue weighted by Crippen LogP contribution is -2.42. The van der Waals surface area contributed by atoms with E-state index in [1.807, 2.05) is 30.3 Å². The molecule has 1 aliphatic carbocycles. The molecule has 0 bridgehead atoms. The minimum Gasteiger partial charge on any atom is -0.488 e. The molecule has 1 amide bonds. The van der Waals surface area contributed by atoms with Gasteiger partial charge in [0.15, 0.2) is 6.10 Å². The van der Waals surface area contributed by atoms with Crippen LogP contribution in [0.5, 0.6) is 5.75 Å². The van der Waals surface area contributed by atoms with Gasteiger partial charge in [-0.25, -0.2) is 4.79 Å². The fourth-order valence-electron chi connectivity index (χ4n) is 3.64. The maximum Gasteiger partial charge on any atom is 0.349 e. The summed E-state index contributed by atoms with van der Waals surface area (Å²) >= 11 is 1.39. The van der Waals surface area contributed by atoms with Gasteiger partial charge in [0, 0.05) is 22.0 Å². The molecule has 0 spiro atoms. The first kappa shape index (κ1) is 18.0. The van der Waals surface area contributed by atoms with Crippen molar-refractivity contribution in [3.63, 3.8) is 0 Å². The van der Waals surface area contributed by atoms with Crippen molar-refractivity contribution >= 4 is 23.2 Å². The van der Waals surface area contributed by atoms with Gasteiger partial charge in [0.2, 0.25) is 0 Å². The summed E-state index contributed by atoms with van der Waals surface area (Å²) in [6, 6.07) is 9.80. The Morgan fingerprint density at radius 1 is 1.22 bits per heavy atom. The first-order chi connectivity index (χ1) is 13.1. The summed E-state index contributed by atoms with van der Waals surface area (Å²) in [6.07, 6.45) is 4.72. The standard InChI is InChI=1S/C21H23NO4S/c1-13(20(23)22-15-7-3-2-4-8-15)26-21(24)18-11-14-12-25-17-10-6-5-9-16(17)19(14)27-18/h5-6,9-11,13,15H,2-4,7-8,12H2,1H3,(H,22,23)/t13-/m1/s1. The zero-order chi connectivity index (χ0) is 18.8. The van der Waals surface area contributed by atoms with E-state index in [4.69, 9.17) is 9.47 Å². The Kier molecular flexibility index (Phi) is 5.16. The molecular formula is C21H23NO4S. The third-order valence-electron chi connectivity index (χ3n) is 5.13. The van der Waals surface area contributed by atoms with Crippen molar-refractivity contribution in [2.45, 2.75) is 57.8 Å². The van der Waals surface area contributed by atoms with Gasteiger partial charge in [0.1, 0.15) is 17.2 Å². The van der Waals surface area contributed by atoms with E-state index in [1.54, 1.807) is 6.92 Å². The number of para-hydroxylation sites is 1. The predicted molar refractivity (Wildman–Crippen MR) is 104 cm³/mol. The lowest BCUT2D eigenvalue weighted by molar-refractivity contribution is -0.130. The summed E-state index contributed by atoms with van der Waals surface area (Å²) in [7, 11) is 0. The molecule has 6 heteroatoms. The van der Waals surface area contributed by atoms with Crippen molar-refractivity contribution < 1.29 is 19.1 Å². The number of ether oxygens (including phenoxy) is 2. The van der Waals surface area contributed by atoms with Crippen LogP contribution in [0.3, 0.4) is 0 Å². The molecule has 0 radical (unpaired) electrons. The van der Waals surface area contributed by atoms with Crippen LogP contribution in [0.2, 0.25) is 0 Å². The molecule has 2 aromatic rings.